The van der Waals surface area contributed by atoms with E-state index in [4.69, 9.17) is 4.74 Å². The lowest BCUT2D eigenvalue weighted by Crippen LogP contribution is -2.51. The van der Waals surface area contributed by atoms with Crippen molar-refractivity contribution >= 4 is 28.1 Å². The fraction of sp³-hybridized carbons (Fsp3) is 0.381. The highest BCUT2D eigenvalue weighted by Crippen LogP contribution is 2.25. The van der Waals surface area contributed by atoms with E-state index in [1.807, 2.05) is 35.7 Å². The molecular weight excluding hydrogens is 374 g/mol. The summed E-state index contributed by atoms with van der Waals surface area (Å²) in [5.41, 5.74) is 1.83. The van der Waals surface area contributed by atoms with Crippen molar-refractivity contribution in [2.24, 2.45) is 0 Å². The fourth-order valence-corrected chi connectivity index (χ4v) is 4.26. The van der Waals surface area contributed by atoms with Crippen LogP contribution in [0.2, 0.25) is 0 Å². The summed E-state index contributed by atoms with van der Waals surface area (Å²) in [4.78, 5) is 23.1. The van der Waals surface area contributed by atoms with E-state index in [9.17, 15) is 9.90 Å². The highest BCUT2D eigenvalue weighted by molar-refractivity contribution is 7.11. The molecule has 0 radical (unpaired) electrons. The third-order valence-electron chi connectivity index (χ3n) is 4.97. The van der Waals surface area contributed by atoms with Crippen LogP contribution in [-0.4, -0.2) is 51.2 Å². The molecule has 6 nitrogen and oxygen atoms in total. The molecule has 1 saturated heterocycles. The lowest BCUT2D eigenvalue weighted by atomic mass is 10.0. The predicted octanol–water partition coefficient (Wildman–Crippen LogP) is 3.47. The van der Waals surface area contributed by atoms with Gasteiger partial charge in [-0.2, -0.15) is 0 Å². The first-order valence-electron chi connectivity index (χ1n) is 9.45. The molecule has 1 fully saturated rings. The number of piperidine rings is 1. The van der Waals surface area contributed by atoms with Gasteiger partial charge in [0.15, 0.2) is 5.01 Å². The highest BCUT2D eigenvalue weighted by atomic mass is 32.1. The number of ether oxygens (including phenoxy) is 1. The molecule has 2 aromatic heterocycles. The Morgan fingerprint density at radius 3 is 2.96 bits per heavy atom. The maximum atomic E-state index is 12.7. The largest absolute Gasteiger partial charge is 0.488 e. The zero-order valence-corrected chi connectivity index (χ0v) is 16.7. The average molecular weight is 398 g/mol. The molecule has 1 amide bonds. The summed E-state index contributed by atoms with van der Waals surface area (Å²) in [6.45, 7) is 4.89. The Bertz CT molecular complexity index is 988. The van der Waals surface area contributed by atoms with E-state index >= 15 is 0 Å². The van der Waals surface area contributed by atoms with Gasteiger partial charge in [-0.05, 0) is 30.2 Å². The number of hydrogen-bond acceptors (Lipinski definition) is 6. The number of β-amino-alcohol motifs (C(OH)–C–C–N with tert-alkyl or cyclic N) is 1. The number of rotatable bonds is 4. The second-order valence-corrected chi connectivity index (χ2v) is 8.21. The van der Waals surface area contributed by atoms with Gasteiger partial charge in [0.1, 0.15) is 18.0 Å². The van der Waals surface area contributed by atoms with Crippen LogP contribution in [0.5, 0.6) is 5.75 Å². The summed E-state index contributed by atoms with van der Waals surface area (Å²) < 4.78 is 6.02. The topological polar surface area (TPSA) is 75.6 Å². The van der Waals surface area contributed by atoms with Crippen LogP contribution >= 0.6 is 11.3 Å². The maximum absolute atomic E-state index is 12.7. The van der Waals surface area contributed by atoms with Gasteiger partial charge in [0, 0.05) is 29.9 Å². The summed E-state index contributed by atoms with van der Waals surface area (Å²) in [5, 5.41) is 14.0. The molecule has 0 spiro atoms. The SMILES string of the molecule is CC(C)c1csc(C(=O)N2CC[C@@H](Oc3ccc4ncccc4c3)[C@H](O)C2)n1. The van der Waals surface area contributed by atoms with Crippen LogP contribution in [0.1, 0.15) is 41.7 Å². The number of pyridine rings is 1. The monoisotopic (exact) mass is 397 g/mol. The number of carbonyl (C=O) groups is 1. The molecule has 146 valence electrons. The molecule has 1 aliphatic rings. The minimum absolute atomic E-state index is 0.119. The molecule has 4 rings (SSSR count). The van der Waals surface area contributed by atoms with E-state index in [-0.39, 0.29) is 18.6 Å². The minimum atomic E-state index is -0.744. The van der Waals surface area contributed by atoms with E-state index in [1.165, 1.54) is 11.3 Å². The lowest BCUT2D eigenvalue weighted by molar-refractivity contribution is -0.0198. The summed E-state index contributed by atoms with van der Waals surface area (Å²) in [7, 11) is 0. The maximum Gasteiger partial charge on any atom is 0.282 e. The van der Waals surface area contributed by atoms with Crippen molar-refractivity contribution in [2.75, 3.05) is 13.1 Å². The standard InChI is InChI=1S/C21H23N3O3S/c1-13(2)17-12-28-20(23-17)21(26)24-9-7-19(18(25)11-24)27-15-5-6-16-14(10-15)4-3-8-22-16/h3-6,8,10,12-13,18-19,25H,7,9,11H2,1-2H3/t18-,19-/m1/s1. The number of aromatic nitrogens is 2. The molecule has 7 heteroatoms. The number of fused-ring (bicyclic) bond motifs is 1. The molecular formula is C21H23N3O3S. The average Bonchev–Trinajstić information content (AvgIpc) is 3.19. The Balaban J connectivity index is 1.40. The zero-order chi connectivity index (χ0) is 19.7. The van der Waals surface area contributed by atoms with E-state index in [1.54, 1.807) is 11.1 Å². The highest BCUT2D eigenvalue weighted by Gasteiger charge is 2.33. The van der Waals surface area contributed by atoms with Gasteiger partial charge in [-0.1, -0.05) is 19.9 Å². The molecule has 0 aliphatic carbocycles. The number of aliphatic hydroxyl groups is 1. The zero-order valence-electron chi connectivity index (χ0n) is 15.9. The van der Waals surface area contributed by atoms with Crippen molar-refractivity contribution in [2.45, 2.75) is 38.4 Å². The summed E-state index contributed by atoms with van der Waals surface area (Å²) in [5.74, 6) is 0.872. The van der Waals surface area contributed by atoms with Crippen molar-refractivity contribution in [1.82, 2.24) is 14.9 Å². The van der Waals surface area contributed by atoms with Crippen LogP contribution in [0.15, 0.2) is 41.9 Å². The first-order valence-corrected chi connectivity index (χ1v) is 10.3. The van der Waals surface area contributed by atoms with Gasteiger partial charge in [-0.25, -0.2) is 4.98 Å². The van der Waals surface area contributed by atoms with Crippen LogP contribution in [0.25, 0.3) is 10.9 Å². The first-order chi connectivity index (χ1) is 13.5. The number of likely N-dealkylation sites (tertiary alicyclic amines) is 1. The first kappa shape index (κ1) is 18.8. The van der Waals surface area contributed by atoms with Crippen molar-refractivity contribution in [3.05, 3.63) is 52.6 Å². The van der Waals surface area contributed by atoms with E-state index < -0.39 is 6.10 Å². The minimum Gasteiger partial charge on any atom is -0.488 e. The lowest BCUT2D eigenvalue weighted by Gasteiger charge is -2.35. The van der Waals surface area contributed by atoms with Crippen LogP contribution < -0.4 is 4.74 Å². The number of aliphatic hydroxyl groups excluding tert-OH is 1. The Labute approximate surface area is 167 Å². The van der Waals surface area contributed by atoms with Crippen LogP contribution in [0, 0.1) is 0 Å². The van der Waals surface area contributed by atoms with Crippen molar-refractivity contribution in [1.29, 1.82) is 0 Å². The molecule has 3 aromatic rings. The normalized spacial score (nSPS) is 19.9. The van der Waals surface area contributed by atoms with Crippen LogP contribution in [-0.2, 0) is 0 Å². The number of amides is 1. The molecule has 3 heterocycles. The number of nitrogens with zero attached hydrogens (tertiary/aromatic N) is 3. The second-order valence-electron chi connectivity index (χ2n) is 7.35. The summed E-state index contributed by atoms with van der Waals surface area (Å²) in [6.07, 6.45) is 1.24. The van der Waals surface area contributed by atoms with Gasteiger partial charge in [0.05, 0.1) is 17.8 Å². The van der Waals surface area contributed by atoms with Gasteiger partial charge < -0.3 is 14.7 Å². The molecule has 1 aromatic carbocycles. The fourth-order valence-electron chi connectivity index (χ4n) is 3.32. The number of thiazole rings is 1. The van der Waals surface area contributed by atoms with Gasteiger partial charge in [-0.3, -0.25) is 9.78 Å². The van der Waals surface area contributed by atoms with Crippen molar-refractivity contribution < 1.29 is 14.6 Å². The Hall–Kier alpha value is -2.51. The second kappa shape index (κ2) is 7.85. The predicted molar refractivity (Wildman–Crippen MR) is 109 cm³/mol. The van der Waals surface area contributed by atoms with Crippen LogP contribution in [0.4, 0.5) is 0 Å². The van der Waals surface area contributed by atoms with Gasteiger partial charge in [0.25, 0.3) is 5.91 Å². The molecule has 1 aliphatic heterocycles. The smallest absolute Gasteiger partial charge is 0.282 e. The van der Waals surface area contributed by atoms with Gasteiger partial charge in [0.2, 0.25) is 0 Å². The summed E-state index contributed by atoms with van der Waals surface area (Å²) in [6, 6.07) is 9.56. The molecule has 2 atom stereocenters. The third kappa shape index (κ3) is 3.86. The molecule has 0 saturated carbocycles. The number of benzene rings is 1. The number of carbonyl (C=O) groups excluding carboxylic acids is 1. The summed E-state index contributed by atoms with van der Waals surface area (Å²) >= 11 is 1.36. The Morgan fingerprint density at radius 2 is 2.21 bits per heavy atom. The quantitative estimate of drug-likeness (QED) is 0.730. The van der Waals surface area contributed by atoms with Gasteiger partial charge in [-0.15, -0.1) is 11.3 Å². The molecule has 28 heavy (non-hydrogen) atoms. The van der Waals surface area contributed by atoms with E-state index in [0.29, 0.717) is 29.6 Å². The van der Waals surface area contributed by atoms with E-state index in [0.717, 1.165) is 16.6 Å². The Kier molecular flexibility index (Phi) is 5.28. The Morgan fingerprint density at radius 1 is 1.36 bits per heavy atom. The third-order valence-corrected chi connectivity index (χ3v) is 5.81. The molecule has 1 N–H and O–H groups in total. The van der Waals surface area contributed by atoms with Crippen molar-refractivity contribution in [3.8, 4) is 5.75 Å². The molecule has 0 unspecified atom stereocenters. The van der Waals surface area contributed by atoms with Gasteiger partial charge >= 0.3 is 0 Å². The van der Waals surface area contributed by atoms with Crippen LogP contribution in [0.3, 0.4) is 0 Å². The van der Waals surface area contributed by atoms with Crippen molar-refractivity contribution in [3.63, 3.8) is 0 Å². The molecule has 0 bridgehead atoms. The number of hydrogen-bond donors (Lipinski definition) is 1. The van der Waals surface area contributed by atoms with E-state index in [2.05, 4.69) is 23.8 Å².